The fourth-order valence-corrected chi connectivity index (χ4v) is 4.26. The van der Waals surface area contributed by atoms with Gasteiger partial charge < -0.3 is 5.32 Å². The lowest BCUT2D eigenvalue weighted by molar-refractivity contribution is -0.113. The molecule has 1 amide bonds. The minimum atomic E-state index is -1.65. The van der Waals surface area contributed by atoms with Gasteiger partial charge in [-0.15, -0.1) is 10.2 Å². The fourth-order valence-electron chi connectivity index (χ4n) is 3.30. The Balaban J connectivity index is 1.66. The van der Waals surface area contributed by atoms with Crippen LogP contribution < -0.4 is 5.32 Å². The van der Waals surface area contributed by atoms with Gasteiger partial charge in [0.25, 0.3) is 0 Å². The molecule has 1 aromatic heterocycles. The Bertz CT molecular complexity index is 1390. The van der Waals surface area contributed by atoms with Crippen molar-refractivity contribution in [1.82, 2.24) is 14.8 Å². The first-order chi connectivity index (χ1) is 16.3. The lowest BCUT2D eigenvalue weighted by Gasteiger charge is -2.14. The quantitative estimate of drug-likeness (QED) is 0.246. The first kappa shape index (κ1) is 23.8. The van der Waals surface area contributed by atoms with Gasteiger partial charge in [-0.1, -0.05) is 47.6 Å². The molecule has 0 saturated heterocycles. The van der Waals surface area contributed by atoms with Gasteiger partial charge in [-0.2, -0.15) is 0 Å². The molecule has 0 bridgehead atoms. The Morgan fingerprint density at radius 3 is 2.56 bits per heavy atom. The second-order valence-electron chi connectivity index (χ2n) is 7.47. The van der Waals surface area contributed by atoms with E-state index in [1.807, 2.05) is 50.2 Å². The molecule has 0 aliphatic carbocycles. The van der Waals surface area contributed by atoms with Gasteiger partial charge in [-0.25, -0.2) is 13.2 Å². The van der Waals surface area contributed by atoms with Crippen LogP contribution in [0.1, 0.15) is 11.1 Å². The molecule has 5 nitrogen and oxygen atoms in total. The number of carbonyl (C=O) groups is 1. The summed E-state index contributed by atoms with van der Waals surface area (Å²) >= 11 is 7.47. The summed E-state index contributed by atoms with van der Waals surface area (Å²) in [5, 5.41) is 11.7. The molecule has 0 aliphatic rings. The predicted molar refractivity (Wildman–Crippen MR) is 127 cm³/mol. The van der Waals surface area contributed by atoms with Crippen LogP contribution in [-0.4, -0.2) is 26.4 Å². The lowest BCUT2D eigenvalue weighted by Crippen LogP contribution is -2.16. The van der Waals surface area contributed by atoms with Crippen molar-refractivity contribution in [2.75, 3.05) is 11.1 Å². The van der Waals surface area contributed by atoms with Crippen molar-refractivity contribution in [3.05, 3.63) is 88.2 Å². The zero-order valence-electron chi connectivity index (χ0n) is 18.1. The monoisotopic (exact) mass is 502 g/mol. The van der Waals surface area contributed by atoms with Crippen molar-refractivity contribution in [3.8, 4) is 17.1 Å². The van der Waals surface area contributed by atoms with Gasteiger partial charge in [0.15, 0.2) is 28.4 Å². The van der Waals surface area contributed by atoms with Crippen LogP contribution in [0.4, 0.5) is 18.9 Å². The molecule has 3 aromatic carbocycles. The maximum atomic E-state index is 13.9. The van der Waals surface area contributed by atoms with E-state index in [1.165, 1.54) is 0 Å². The number of aromatic nitrogens is 3. The topological polar surface area (TPSA) is 59.8 Å². The maximum absolute atomic E-state index is 13.9. The molecule has 10 heteroatoms. The number of benzene rings is 3. The normalized spacial score (nSPS) is 11.0. The van der Waals surface area contributed by atoms with E-state index in [1.54, 1.807) is 10.6 Å². The number of rotatable bonds is 6. The third kappa shape index (κ3) is 4.80. The standard InChI is InChI=1S/C24H18ClF3N4OS/c1-13-7-8-14(2)19(11-13)32-23(15-5-3-4-6-16(15)25)30-31-24(32)34-12-20(33)29-18-10-9-17(26)21(27)22(18)28/h3-11H,12H2,1-2H3,(H,29,33). The number of thioether (sulfide) groups is 1. The predicted octanol–water partition coefficient (Wildman–Crippen LogP) is 6.35. The molecule has 0 unspecified atom stereocenters. The number of halogens is 4. The zero-order chi connectivity index (χ0) is 24.4. The van der Waals surface area contributed by atoms with E-state index < -0.39 is 29.0 Å². The molecule has 4 aromatic rings. The van der Waals surface area contributed by atoms with Crippen LogP contribution in [0.25, 0.3) is 17.1 Å². The second-order valence-corrected chi connectivity index (χ2v) is 8.82. The number of hydrogen-bond donors (Lipinski definition) is 1. The lowest BCUT2D eigenvalue weighted by atomic mass is 10.1. The van der Waals surface area contributed by atoms with Gasteiger partial charge in [-0.3, -0.25) is 9.36 Å². The third-order valence-corrected chi connectivity index (χ3v) is 6.25. The first-order valence-electron chi connectivity index (χ1n) is 10.1. The van der Waals surface area contributed by atoms with Crippen LogP contribution >= 0.6 is 23.4 Å². The van der Waals surface area contributed by atoms with Crippen LogP contribution in [0, 0.1) is 31.3 Å². The van der Waals surface area contributed by atoms with Gasteiger partial charge in [-0.05, 0) is 55.3 Å². The molecule has 0 radical (unpaired) electrons. The molecule has 174 valence electrons. The second kappa shape index (κ2) is 9.90. The molecule has 4 rings (SSSR count). The highest BCUT2D eigenvalue weighted by Gasteiger charge is 2.21. The number of nitrogens with zero attached hydrogens (tertiary/aromatic N) is 3. The fraction of sp³-hybridized carbons (Fsp3) is 0.125. The highest BCUT2D eigenvalue weighted by molar-refractivity contribution is 7.99. The molecular weight excluding hydrogens is 485 g/mol. The van der Waals surface area contributed by atoms with Crippen molar-refractivity contribution < 1.29 is 18.0 Å². The number of amides is 1. The van der Waals surface area contributed by atoms with Crippen molar-refractivity contribution in [3.63, 3.8) is 0 Å². The number of aryl methyl sites for hydroxylation is 2. The molecule has 0 aliphatic heterocycles. The molecule has 0 spiro atoms. The summed E-state index contributed by atoms with van der Waals surface area (Å²) in [6, 6.07) is 14.8. The van der Waals surface area contributed by atoms with E-state index in [0.29, 0.717) is 21.6 Å². The molecule has 0 saturated carbocycles. The summed E-state index contributed by atoms with van der Waals surface area (Å²) in [6.45, 7) is 3.90. The van der Waals surface area contributed by atoms with Gasteiger partial charge in [0, 0.05) is 5.56 Å². The zero-order valence-corrected chi connectivity index (χ0v) is 19.6. The maximum Gasteiger partial charge on any atom is 0.234 e. The summed E-state index contributed by atoms with van der Waals surface area (Å²) in [5.41, 5.74) is 3.00. The summed E-state index contributed by atoms with van der Waals surface area (Å²) in [4.78, 5) is 12.4. The Hall–Kier alpha value is -3.30. The first-order valence-corrected chi connectivity index (χ1v) is 11.5. The average Bonchev–Trinajstić information content (AvgIpc) is 3.23. The van der Waals surface area contributed by atoms with E-state index in [0.717, 1.165) is 40.7 Å². The largest absolute Gasteiger partial charge is 0.323 e. The van der Waals surface area contributed by atoms with Crippen LogP contribution in [0.2, 0.25) is 5.02 Å². The minimum Gasteiger partial charge on any atom is -0.323 e. The smallest absolute Gasteiger partial charge is 0.234 e. The van der Waals surface area contributed by atoms with E-state index >= 15 is 0 Å². The van der Waals surface area contributed by atoms with E-state index in [2.05, 4.69) is 15.5 Å². The van der Waals surface area contributed by atoms with Gasteiger partial charge in [0.05, 0.1) is 22.2 Å². The summed E-state index contributed by atoms with van der Waals surface area (Å²) in [7, 11) is 0. The molecule has 1 heterocycles. The number of nitrogens with one attached hydrogen (secondary N) is 1. The van der Waals surface area contributed by atoms with Crippen LogP contribution in [0.15, 0.2) is 59.8 Å². The average molecular weight is 503 g/mol. The van der Waals surface area contributed by atoms with Gasteiger partial charge in [0.2, 0.25) is 5.91 Å². The van der Waals surface area contributed by atoms with E-state index in [4.69, 9.17) is 11.6 Å². The Kier molecular flexibility index (Phi) is 6.95. The molecule has 0 atom stereocenters. The number of hydrogen-bond acceptors (Lipinski definition) is 4. The van der Waals surface area contributed by atoms with Gasteiger partial charge >= 0.3 is 0 Å². The Morgan fingerprint density at radius 1 is 1.03 bits per heavy atom. The molecule has 1 N–H and O–H groups in total. The van der Waals surface area contributed by atoms with E-state index in [9.17, 15) is 18.0 Å². The minimum absolute atomic E-state index is 0.177. The number of anilines is 1. The van der Waals surface area contributed by atoms with Crippen molar-refractivity contribution in [2.24, 2.45) is 0 Å². The Labute approximate surface area is 203 Å². The van der Waals surface area contributed by atoms with Crippen LogP contribution in [0.3, 0.4) is 0 Å². The van der Waals surface area contributed by atoms with Crippen molar-refractivity contribution in [2.45, 2.75) is 19.0 Å². The van der Waals surface area contributed by atoms with Crippen molar-refractivity contribution >= 4 is 35.0 Å². The van der Waals surface area contributed by atoms with E-state index in [-0.39, 0.29) is 5.75 Å². The van der Waals surface area contributed by atoms with Crippen molar-refractivity contribution in [1.29, 1.82) is 0 Å². The SMILES string of the molecule is Cc1ccc(C)c(-n2c(SCC(=O)Nc3ccc(F)c(F)c3F)nnc2-c2ccccc2Cl)c1. The van der Waals surface area contributed by atoms with Crippen LogP contribution in [-0.2, 0) is 4.79 Å². The van der Waals surface area contributed by atoms with Crippen LogP contribution in [0.5, 0.6) is 0 Å². The van der Waals surface area contributed by atoms with Gasteiger partial charge in [0.1, 0.15) is 0 Å². The molecule has 34 heavy (non-hydrogen) atoms. The molecular formula is C24H18ClF3N4OS. The highest BCUT2D eigenvalue weighted by Crippen LogP contribution is 2.33. The summed E-state index contributed by atoms with van der Waals surface area (Å²) in [5.74, 6) is -4.75. The highest BCUT2D eigenvalue weighted by atomic mass is 35.5. The summed E-state index contributed by atoms with van der Waals surface area (Å²) in [6.07, 6.45) is 0. The number of carbonyl (C=O) groups excluding carboxylic acids is 1. The summed E-state index contributed by atoms with van der Waals surface area (Å²) < 4.78 is 42.3. The Morgan fingerprint density at radius 2 is 1.79 bits per heavy atom. The third-order valence-electron chi connectivity index (χ3n) is 5.00. The molecule has 0 fully saturated rings.